The van der Waals surface area contributed by atoms with Gasteiger partial charge in [-0.25, -0.2) is 0 Å². The Hall–Kier alpha value is -0.570. The van der Waals surface area contributed by atoms with Gasteiger partial charge in [0.05, 0.1) is 0 Å². The van der Waals surface area contributed by atoms with Crippen LogP contribution in [-0.4, -0.2) is 30.1 Å². The molecule has 1 aliphatic heterocycles. The van der Waals surface area contributed by atoms with Crippen molar-refractivity contribution in [3.63, 3.8) is 0 Å². The first kappa shape index (κ1) is 14.8. The van der Waals surface area contributed by atoms with Gasteiger partial charge in [0.25, 0.3) is 0 Å². The number of nitrogens with zero attached hydrogens (tertiary/aromatic N) is 1. The van der Waals surface area contributed by atoms with E-state index >= 15 is 0 Å². The zero-order chi connectivity index (χ0) is 14.0. The number of halogens is 1. The average Bonchev–Trinajstić information content (AvgIpc) is 2.36. The number of piperazine rings is 1. The molecule has 1 unspecified atom stereocenters. The van der Waals surface area contributed by atoms with Crippen molar-refractivity contribution in [2.45, 2.75) is 45.8 Å². The van der Waals surface area contributed by atoms with Crippen molar-refractivity contribution in [1.29, 1.82) is 0 Å². The van der Waals surface area contributed by atoms with Gasteiger partial charge in [0.15, 0.2) is 0 Å². The van der Waals surface area contributed by atoms with Crippen LogP contribution >= 0.6 is 11.6 Å². The highest BCUT2D eigenvalue weighted by atomic mass is 35.5. The largest absolute Gasteiger partial charge is 0.311 e. The van der Waals surface area contributed by atoms with Crippen molar-refractivity contribution < 1.29 is 0 Å². The summed E-state index contributed by atoms with van der Waals surface area (Å²) in [5.41, 5.74) is 1.38. The molecule has 106 valence electrons. The molecule has 2 rings (SSSR count). The molecule has 1 heterocycles. The third-order valence-electron chi connectivity index (χ3n) is 4.01. The fourth-order valence-corrected chi connectivity index (χ4v) is 3.18. The monoisotopic (exact) mass is 280 g/mol. The van der Waals surface area contributed by atoms with Crippen molar-refractivity contribution >= 4 is 11.6 Å². The maximum Gasteiger partial charge on any atom is 0.0406 e. The minimum Gasteiger partial charge on any atom is -0.311 e. The molecular formula is C16H25ClN2. The lowest BCUT2D eigenvalue weighted by atomic mass is 9.92. The Labute approximate surface area is 122 Å². The van der Waals surface area contributed by atoms with Crippen LogP contribution in [0, 0.1) is 5.92 Å². The zero-order valence-electron chi connectivity index (χ0n) is 12.4. The number of hydrogen-bond acceptors (Lipinski definition) is 2. The summed E-state index contributed by atoms with van der Waals surface area (Å²) in [6.45, 7) is 11.4. The Morgan fingerprint density at radius 1 is 1.21 bits per heavy atom. The van der Waals surface area contributed by atoms with Crippen LogP contribution in [-0.2, 0) is 0 Å². The second kappa shape index (κ2) is 6.25. The molecule has 3 atom stereocenters. The summed E-state index contributed by atoms with van der Waals surface area (Å²) in [6.07, 6.45) is 0. The first-order chi connectivity index (χ1) is 8.99. The molecule has 1 aromatic rings. The third kappa shape index (κ3) is 3.50. The standard InChI is InChI=1S/C16H25ClN2/c1-11(2)16(14-5-7-15(17)8-6-14)19-10-12(3)18-9-13(19)4/h5-8,11-13,16,18H,9-10H2,1-4H3/t12-,13+,16?/m0/s1. The van der Waals surface area contributed by atoms with Gasteiger partial charge in [-0.1, -0.05) is 37.6 Å². The molecule has 1 aliphatic rings. The van der Waals surface area contributed by atoms with E-state index in [0.717, 1.165) is 18.1 Å². The van der Waals surface area contributed by atoms with Crippen LogP contribution in [0.15, 0.2) is 24.3 Å². The van der Waals surface area contributed by atoms with E-state index in [9.17, 15) is 0 Å². The molecule has 0 spiro atoms. The van der Waals surface area contributed by atoms with Crippen LogP contribution in [0.3, 0.4) is 0 Å². The fourth-order valence-electron chi connectivity index (χ4n) is 3.06. The van der Waals surface area contributed by atoms with Crippen LogP contribution in [0.2, 0.25) is 5.02 Å². The van der Waals surface area contributed by atoms with E-state index in [1.807, 2.05) is 12.1 Å². The van der Waals surface area contributed by atoms with Gasteiger partial charge in [0.2, 0.25) is 0 Å². The zero-order valence-corrected chi connectivity index (χ0v) is 13.1. The molecule has 1 aromatic carbocycles. The topological polar surface area (TPSA) is 15.3 Å². The maximum absolute atomic E-state index is 6.01. The van der Waals surface area contributed by atoms with Gasteiger partial charge in [0.1, 0.15) is 0 Å². The average molecular weight is 281 g/mol. The lowest BCUT2D eigenvalue weighted by Gasteiger charge is -2.44. The van der Waals surface area contributed by atoms with Gasteiger partial charge in [-0.2, -0.15) is 0 Å². The Morgan fingerprint density at radius 3 is 2.42 bits per heavy atom. The SMILES string of the molecule is CC(C)C(c1ccc(Cl)cc1)N1C[C@H](C)NC[C@H]1C. The predicted octanol–water partition coefficient (Wildman–Crippen LogP) is 3.72. The van der Waals surface area contributed by atoms with Crippen LogP contribution < -0.4 is 5.32 Å². The molecule has 1 saturated heterocycles. The van der Waals surface area contributed by atoms with Gasteiger partial charge in [-0.15, -0.1) is 0 Å². The van der Waals surface area contributed by atoms with E-state index in [4.69, 9.17) is 11.6 Å². The van der Waals surface area contributed by atoms with Gasteiger partial charge in [-0.05, 0) is 37.5 Å². The summed E-state index contributed by atoms with van der Waals surface area (Å²) in [5.74, 6) is 0.592. The lowest BCUT2D eigenvalue weighted by molar-refractivity contribution is 0.0698. The van der Waals surface area contributed by atoms with E-state index in [1.165, 1.54) is 5.56 Å². The van der Waals surface area contributed by atoms with E-state index < -0.39 is 0 Å². The minimum atomic E-state index is 0.469. The van der Waals surface area contributed by atoms with Crippen molar-refractivity contribution in [2.75, 3.05) is 13.1 Å². The molecule has 19 heavy (non-hydrogen) atoms. The summed E-state index contributed by atoms with van der Waals surface area (Å²) in [4.78, 5) is 2.63. The van der Waals surface area contributed by atoms with Crippen molar-refractivity contribution in [3.05, 3.63) is 34.9 Å². The van der Waals surface area contributed by atoms with Crippen LogP contribution in [0.1, 0.15) is 39.3 Å². The maximum atomic E-state index is 6.01. The van der Waals surface area contributed by atoms with Gasteiger partial charge < -0.3 is 5.32 Å². The Balaban J connectivity index is 2.26. The normalized spacial score (nSPS) is 26.6. The molecule has 0 radical (unpaired) electrons. The number of hydrogen-bond donors (Lipinski definition) is 1. The van der Waals surface area contributed by atoms with E-state index in [-0.39, 0.29) is 0 Å². The molecule has 0 bridgehead atoms. The molecule has 3 heteroatoms. The summed E-state index contributed by atoms with van der Waals surface area (Å²) in [7, 11) is 0. The van der Waals surface area contributed by atoms with Crippen molar-refractivity contribution in [2.24, 2.45) is 5.92 Å². The highest BCUT2D eigenvalue weighted by molar-refractivity contribution is 6.30. The summed E-state index contributed by atoms with van der Waals surface area (Å²) < 4.78 is 0. The fraction of sp³-hybridized carbons (Fsp3) is 0.625. The van der Waals surface area contributed by atoms with Gasteiger partial charge >= 0.3 is 0 Å². The van der Waals surface area contributed by atoms with E-state index in [0.29, 0.717) is 24.0 Å². The lowest BCUT2D eigenvalue weighted by Crippen LogP contribution is -2.55. The van der Waals surface area contributed by atoms with Crippen molar-refractivity contribution in [3.8, 4) is 0 Å². The predicted molar refractivity (Wildman–Crippen MR) is 82.7 cm³/mol. The van der Waals surface area contributed by atoms with Crippen molar-refractivity contribution in [1.82, 2.24) is 10.2 Å². The second-order valence-corrected chi connectivity index (χ2v) is 6.53. The molecule has 0 amide bonds. The highest BCUT2D eigenvalue weighted by Crippen LogP contribution is 2.32. The number of benzene rings is 1. The molecule has 2 nitrogen and oxygen atoms in total. The summed E-state index contributed by atoms with van der Waals surface area (Å²) in [6, 6.07) is 9.95. The third-order valence-corrected chi connectivity index (χ3v) is 4.26. The smallest absolute Gasteiger partial charge is 0.0406 e. The molecule has 1 N–H and O–H groups in total. The van der Waals surface area contributed by atoms with Gasteiger partial charge in [0, 0.05) is 36.2 Å². The number of rotatable bonds is 3. The molecule has 0 aromatic heterocycles. The van der Waals surface area contributed by atoms with Crippen LogP contribution in [0.4, 0.5) is 0 Å². The molecule has 0 saturated carbocycles. The Bertz CT molecular complexity index is 402. The number of nitrogens with one attached hydrogen (secondary N) is 1. The first-order valence-electron chi connectivity index (χ1n) is 7.23. The summed E-state index contributed by atoms with van der Waals surface area (Å²) in [5, 5.41) is 4.37. The van der Waals surface area contributed by atoms with E-state index in [2.05, 4.69) is 50.0 Å². The first-order valence-corrected chi connectivity index (χ1v) is 7.61. The quantitative estimate of drug-likeness (QED) is 0.908. The molecule has 1 fully saturated rings. The Kier molecular flexibility index (Phi) is 4.88. The Morgan fingerprint density at radius 2 is 1.84 bits per heavy atom. The van der Waals surface area contributed by atoms with Gasteiger partial charge in [-0.3, -0.25) is 4.90 Å². The second-order valence-electron chi connectivity index (χ2n) is 6.10. The summed E-state index contributed by atoms with van der Waals surface area (Å²) >= 11 is 6.01. The minimum absolute atomic E-state index is 0.469. The van der Waals surface area contributed by atoms with E-state index in [1.54, 1.807) is 0 Å². The molecule has 0 aliphatic carbocycles. The van der Waals surface area contributed by atoms with Crippen LogP contribution in [0.25, 0.3) is 0 Å². The van der Waals surface area contributed by atoms with Crippen LogP contribution in [0.5, 0.6) is 0 Å². The highest BCUT2D eigenvalue weighted by Gasteiger charge is 2.31. The molecular weight excluding hydrogens is 256 g/mol.